The number of methoxy groups -OCH3 is 1. The molecule has 14 heavy (non-hydrogen) atoms. The summed E-state index contributed by atoms with van der Waals surface area (Å²) in [4.78, 5) is 0. The molecule has 1 aromatic carbocycles. The Bertz CT molecular complexity index is 299. The van der Waals surface area contributed by atoms with Crippen molar-refractivity contribution in [3.63, 3.8) is 0 Å². The van der Waals surface area contributed by atoms with E-state index in [1.807, 2.05) is 19.1 Å². The summed E-state index contributed by atoms with van der Waals surface area (Å²) in [5.41, 5.74) is 7.90. The molecule has 0 aromatic heterocycles. The molecule has 0 aliphatic heterocycles. The van der Waals surface area contributed by atoms with Gasteiger partial charge in [-0.1, -0.05) is 6.07 Å². The van der Waals surface area contributed by atoms with Crippen LogP contribution in [0.4, 0.5) is 0 Å². The lowest BCUT2D eigenvalue weighted by Gasteiger charge is -2.10. The van der Waals surface area contributed by atoms with Crippen LogP contribution in [0.3, 0.4) is 0 Å². The Balaban J connectivity index is 2.81. The van der Waals surface area contributed by atoms with Gasteiger partial charge in [-0.3, -0.25) is 0 Å². The molecule has 0 radical (unpaired) electrons. The summed E-state index contributed by atoms with van der Waals surface area (Å²) in [6, 6.07) is 5.77. The molecule has 1 rings (SSSR count). The number of nitrogens with two attached hydrogens (primary N) is 1. The maximum atomic E-state index is 8.84. The normalized spacial score (nSPS) is 12.6. The van der Waals surface area contributed by atoms with Crippen LogP contribution in [-0.2, 0) is 6.42 Å². The Hall–Kier alpha value is -1.06. The van der Waals surface area contributed by atoms with Gasteiger partial charge in [0.25, 0.3) is 0 Å². The number of hydrogen-bond acceptors (Lipinski definition) is 3. The van der Waals surface area contributed by atoms with Crippen molar-refractivity contribution in [2.45, 2.75) is 19.4 Å². The minimum absolute atomic E-state index is 0.0102. The fourth-order valence-corrected chi connectivity index (χ4v) is 1.43. The largest absolute Gasteiger partial charge is 0.497 e. The maximum Gasteiger partial charge on any atom is 0.119 e. The molecule has 0 saturated carbocycles. The highest BCUT2D eigenvalue weighted by Crippen LogP contribution is 2.17. The standard InChI is InChI=1S/C11H17NO2/c1-8-3-9(5-10(12)7-13)6-11(4-8)14-2/h3-4,6,10,13H,5,7,12H2,1-2H3. The minimum Gasteiger partial charge on any atom is -0.497 e. The Kier molecular flexibility index (Phi) is 3.92. The van der Waals surface area contributed by atoms with Crippen LogP contribution in [-0.4, -0.2) is 24.9 Å². The smallest absolute Gasteiger partial charge is 0.119 e. The van der Waals surface area contributed by atoms with Gasteiger partial charge in [0.2, 0.25) is 0 Å². The molecule has 78 valence electrons. The third-order valence-corrected chi connectivity index (χ3v) is 2.08. The van der Waals surface area contributed by atoms with Gasteiger partial charge in [0.15, 0.2) is 0 Å². The zero-order valence-electron chi connectivity index (χ0n) is 8.66. The molecule has 1 aromatic rings. The predicted molar refractivity (Wildman–Crippen MR) is 56.5 cm³/mol. The van der Waals surface area contributed by atoms with Gasteiger partial charge in [-0.05, 0) is 36.6 Å². The Labute approximate surface area is 84.5 Å². The number of rotatable bonds is 4. The van der Waals surface area contributed by atoms with Gasteiger partial charge >= 0.3 is 0 Å². The lowest BCUT2D eigenvalue weighted by Crippen LogP contribution is -2.26. The molecule has 3 nitrogen and oxygen atoms in total. The second kappa shape index (κ2) is 4.98. The molecule has 0 bridgehead atoms. The summed E-state index contributed by atoms with van der Waals surface area (Å²) >= 11 is 0. The van der Waals surface area contributed by atoms with Crippen LogP contribution in [0.15, 0.2) is 18.2 Å². The number of aliphatic hydroxyl groups is 1. The maximum absolute atomic E-state index is 8.84. The first-order chi connectivity index (χ1) is 6.65. The molecule has 1 atom stereocenters. The molecule has 0 aliphatic carbocycles. The van der Waals surface area contributed by atoms with E-state index in [2.05, 4.69) is 6.07 Å². The molecule has 3 N–H and O–H groups in total. The average Bonchev–Trinajstić information content (AvgIpc) is 2.16. The number of ether oxygens (including phenoxy) is 1. The molecular weight excluding hydrogens is 178 g/mol. The van der Waals surface area contributed by atoms with Gasteiger partial charge in [-0.2, -0.15) is 0 Å². The summed E-state index contributed by atoms with van der Waals surface area (Å²) < 4.78 is 5.15. The quantitative estimate of drug-likeness (QED) is 0.749. The summed E-state index contributed by atoms with van der Waals surface area (Å²) in [5, 5.41) is 8.84. The monoisotopic (exact) mass is 195 g/mol. The molecule has 3 heteroatoms. The van der Waals surface area contributed by atoms with Gasteiger partial charge in [0, 0.05) is 6.04 Å². The Morgan fingerprint density at radius 1 is 1.43 bits per heavy atom. The fourth-order valence-electron chi connectivity index (χ4n) is 1.43. The third kappa shape index (κ3) is 3.01. The van der Waals surface area contributed by atoms with E-state index in [1.54, 1.807) is 7.11 Å². The molecule has 0 heterocycles. The molecule has 0 amide bonds. The Morgan fingerprint density at radius 2 is 2.14 bits per heavy atom. The minimum atomic E-state index is -0.193. The first-order valence-electron chi connectivity index (χ1n) is 4.66. The van der Waals surface area contributed by atoms with E-state index in [9.17, 15) is 0 Å². The number of aryl methyl sites for hydroxylation is 1. The lowest BCUT2D eigenvalue weighted by molar-refractivity contribution is 0.265. The Morgan fingerprint density at radius 3 is 2.71 bits per heavy atom. The summed E-state index contributed by atoms with van der Waals surface area (Å²) in [5.74, 6) is 0.838. The topological polar surface area (TPSA) is 55.5 Å². The summed E-state index contributed by atoms with van der Waals surface area (Å²) in [7, 11) is 1.64. The molecule has 0 fully saturated rings. The molecule has 1 unspecified atom stereocenters. The van der Waals surface area contributed by atoms with Crippen LogP contribution >= 0.6 is 0 Å². The van der Waals surface area contributed by atoms with Crippen molar-refractivity contribution in [2.24, 2.45) is 5.73 Å². The van der Waals surface area contributed by atoms with Crippen molar-refractivity contribution in [3.8, 4) is 5.75 Å². The molecule has 0 spiro atoms. The van der Waals surface area contributed by atoms with E-state index in [-0.39, 0.29) is 12.6 Å². The first kappa shape index (κ1) is 11.0. The highest BCUT2D eigenvalue weighted by Gasteiger charge is 2.04. The van der Waals surface area contributed by atoms with Crippen LogP contribution in [0.1, 0.15) is 11.1 Å². The van der Waals surface area contributed by atoms with Crippen molar-refractivity contribution in [1.82, 2.24) is 0 Å². The number of benzene rings is 1. The zero-order chi connectivity index (χ0) is 10.6. The highest BCUT2D eigenvalue weighted by molar-refractivity contribution is 5.34. The van der Waals surface area contributed by atoms with E-state index in [0.717, 1.165) is 16.9 Å². The van der Waals surface area contributed by atoms with E-state index < -0.39 is 0 Å². The zero-order valence-corrected chi connectivity index (χ0v) is 8.66. The molecular formula is C11H17NO2. The second-order valence-corrected chi connectivity index (χ2v) is 3.51. The predicted octanol–water partition coefficient (Wildman–Crippen LogP) is 0.866. The summed E-state index contributed by atoms with van der Waals surface area (Å²) in [6.07, 6.45) is 0.675. The molecule has 0 saturated heterocycles. The second-order valence-electron chi connectivity index (χ2n) is 3.51. The van der Waals surface area contributed by atoms with Gasteiger partial charge in [0.1, 0.15) is 5.75 Å². The van der Waals surface area contributed by atoms with Gasteiger partial charge in [0.05, 0.1) is 13.7 Å². The fraction of sp³-hybridized carbons (Fsp3) is 0.455. The number of hydrogen-bond donors (Lipinski definition) is 2. The van der Waals surface area contributed by atoms with Crippen LogP contribution in [0, 0.1) is 6.92 Å². The van der Waals surface area contributed by atoms with Crippen molar-refractivity contribution < 1.29 is 9.84 Å². The number of aliphatic hydroxyl groups excluding tert-OH is 1. The molecule has 0 aliphatic rings. The van der Waals surface area contributed by atoms with Crippen molar-refractivity contribution in [3.05, 3.63) is 29.3 Å². The SMILES string of the molecule is COc1cc(C)cc(CC(N)CO)c1. The third-order valence-electron chi connectivity index (χ3n) is 2.08. The van der Waals surface area contributed by atoms with E-state index in [4.69, 9.17) is 15.6 Å². The average molecular weight is 195 g/mol. The summed E-state index contributed by atoms with van der Waals surface area (Å²) in [6.45, 7) is 2.02. The van der Waals surface area contributed by atoms with E-state index >= 15 is 0 Å². The van der Waals surface area contributed by atoms with Crippen LogP contribution in [0.2, 0.25) is 0 Å². The van der Waals surface area contributed by atoms with E-state index in [0.29, 0.717) is 6.42 Å². The first-order valence-corrected chi connectivity index (χ1v) is 4.66. The van der Waals surface area contributed by atoms with E-state index in [1.165, 1.54) is 0 Å². The van der Waals surface area contributed by atoms with Gasteiger partial charge in [-0.15, -0.1) is 0 Å². The van der Waals surface area contributed by atoms with Gasteiger partial charge in [-0.25, -0.2) is 0 Å². The van der Waals surface area contributed by atoms with Crippen molar-refractivity contribution in [2.75, 3.05) is 13.7 Å². The van der Waals surface area contributed by atoms with Crippen molar-refractivity contribution >= 4 is 0 Å². The van der Waals surface area contributed by atoms with Crippen LogP contribution in [0.5, 0.6) is 5.75 Å². The van der Waals surface area contributed by atoms with Crippen LogP contribution < -0.4 is 10.5 Å². The van der Waals surface area contributed by atoms with Gasteiger partial charge < -0.3 is 15.6 Å². The van der Waals surface area contributed by atoms with Crippen molar-refractivity contribution in [1.29, 1.82) is 0 Å². The van der Waals surface area contributed by atoms with Crippen LogP contribution in [0.25, 0.3) is 0 Å². The highest BCUT2D eigenvalue weighted by atomic mass is 16.5. The lowest BCUT2D eigenvalue weighted by atomic mass is 10.0.